The number of benzene rings is 2. The van der Waals surface area contributed by atoms with Gasteiger partial charge in [0, 0.05) is 12.1 Å². The van der Waals surface area contributed by atoms with Crippen LogP contribution in [0.3, 0.4) is 0 Å². The summed E-state index contributed by atoms with van der Waals surface area (Å²) in [5, 5.41) is 23.1. The molecule has 0 bridgehead atoms. The van der Waals surface area contributed by atoms with Gasteiger partial charge in [-0.05, 0) is 68.2 Å². The van der Waals surface area contributed by atoms with Gasteiger partial charge in [-0.25, -0.2) is 0 Å². The molecule has 31 heavy (non-hydrogen) atoms. The van der Waals surface area contributed by atoms with E-state index in [2.05, 4.69) is 43.4 Å². The summed E-state index contributed by atoms with van der Waals surface area (Å²) in [6.45, 7) is 6.92. The predicted octanol–water partition coefficient (Wildman–Crippen LogP) is 3.93. The lowest BCUT2D eigenvalue weighted by molar-refractivity contribution is -0.136. The number of fused-ring (bicyclic) bond motifs is 1. The molecular formula is C26H35NO4. The van der Waals surface area contributed by atoms with Crippen molar-refractivity contribution in [2.75, 3.05) is 13.2 Å². The molecule has 0 spiro atoms. The summed E-state index contributed by atoms with van der Waals surface area (Å²) < 4.78 is 5.87. The maximum Gasteiger partial charge on any atom is 0.307 e. The fourth-order valence-corrected chi connectivity index (χ4v) is 4.64. The monoisotopic (exact) mass is 425 g/mol. The molecular weight excluding hydrogens is 390 g/mol. The van der Waals surface area contributed by atoms with Crippen LogP contribution in [0.5, 0.6) is 0 Å². The summed E-state index contributed by atoms with van der Waals surface area (Å²) in [6.07, 6.45) is 2.35. The van der Waals surface area contributed by atoms with Crippen LogP contribution in [0, 0.1) is 5.92 Å². The van der Waals surface area contributed by atoms with Crippen LogP contribution in [0.1, 0.15) is 55.5 Å². The first-order chi connectivity index (χ1) is 14.7. The molecule has 0 saturated carbocycles. The number of hydrogen-bond acceptors (Lipinski definition) is 4. The third-order valence-electron chi connectivity index (χ3n) is 6.12. The van der Waals surface area contributed by atoms with Gasteiger partial charge in [-0.15, -0.1) is 0 Å². The molecule has 0 radical (unpaired) electrons. The zero-order valence-electron chi connectivity index (χ0n) is 18.8. The van der Waals surface area contributed by atoms with E-state index in [1.807, 2.05) is 31.2 Å². The maximum atomic E-state index is 11.1. The number of carbonyl (C=O) groups is 1. The Morgan fingerprint density at radius 3 is 2.39 bits per heavy atom. The average Bonchev–Trinajstić information content (AvgIpc) is 3.12. The quantitative estimate of drug-likeness (QED) is 0.508. The van der Waals surface area contributed by atoms with E-state index in [1.165, 1.54) is 11.1 Å². The minimum atomic E-state index is -0.864. The van der Waals surface area contributed by atoms with Gasteiger partial charge in [-0.2, -0.15) is 0 Å². The van der Waals surface area contributed by atoms with Crippen molar-refractivity contribution in [2.24, 2.45) is 5.92 Å². The van der Waals surface area contributed by atoms with E-state index >= 15 is 0 Å². The number of carboxylic acid groups (broad SMARTS) is 1. The van der Waals surface area contributed by atoms with Gasteiger partial charge in [0.1, 0.15) is 0 Å². The average molecular weight is 426 g/mol. The third-order valence-corrected chi connectivity index (χ3v) is 6.12. The number of hydrogen-bond donors (Lipinski definition) is 3. The third kappa shape index (κ3) is 6.89. The zero-order chi connectivity index (χ0) is 22.4. The largest absolute Gasteiger partial charge is 0.481 e. The van der Waals surface area contributed by atoms with Crippen molar-refractivity contribution in [1.82, 2.24) is 5.32 Å². The number of aliphatic hydroxyl groups excluding tert-OH is 1. The Balaban J connectivity index is 1.43. The Kier molecular flexibility index (Phi) is 7.87. The molecule has 3 N–H and O–H groups in total. The fourth-order valence-electron chi connectivity index (χ4n) is 4.64. The first-order valence-corrected chi connectivity index (χ1v) is 11.1. The highest BCUT2D eigenvalue weighted by Crippen LogP contribution is 2.31. The fraction of sp³-hybridized carbons (Fsp3) is 0.500. The van der Waals surface area contributed by atoms with Crippen LogP contribution in [0.4, 0.5) is 0 Å². The van der Waals surface area contributed by atoms with E-state index in [0.29, 0.717) is 12.5 Å². The van der Waals surface area contributed by atoms with Crippen molar-refractivity contribution in [1.29, 1.82) is 0 Å². The molecule has 0 aliphatic heterocycles. The van der Waals surface area contributed by atoms with Gasteiger partial charge >= 0.3 is 5.97 Å². The number of aliphatic hydroxyl groups is 1. The van der Waals surface area contributed by atoms with E-state index in [4.69, 9.17) is 9.84 Å². The van der Waals surface area contributed by atoms with Crippen LogP contribution >= 0.6 is 0 Å². The van der Waals surface area contributed by atoms with Crippen molar-refractivity contribution in [3.8, 4) is 0 Å². The molecule has 5 heteroatoms. The predicted molar refractivity (Wildman–Crippen MR) is 122 cm³/mol. The van der Waals surface area contributed by atoms with Gasteiger partial charge < -0.3 is 20.3 Å². The standard InChI is InChI=1S/C26H35NO4/c1-18(24-11-7-6-10-22(24)14-25(29)30)31-17-23(28)16-27-26(2,3)15-19-12-20-8-4-5-9-21(20)13-19/h4-11,18-19,23,27-28H,12-17H2,1-3H3,(H,29,30)/t18-,23-/m1/s1. The van der Waals surface area contributed by atoms with E-state index in [9.17, 15) is 9.90 Å². The van der Waals surface area contributed by atoms with Gasteiger partial charge in [0.05, 0.1) is 25.2 Å². The maximum absolute atomic E-state index is 11.1. The summed E-state index contributed by atoms with van der Waals surface area (Å²) in [4.78, 5) is 11.1. The lowest BCUT2D eigenvalue weighted by atomic mass is 9.88. The molecule has 2 aromatic carbocycles. The minimum absolute atomic E-state index is 0.0345. The SMILES string of the molecule is C[C@@H](OC[C@H](O)CNC(C)(C)CC1Cc2ccccc2C1)c1ccccc1CC(=O)O. The van der Waals surface area contributed by atoms with Gasteiger partial charge in [0.2, 0.25) is 0 Å². The number of nitrogens with one attached hydrogen (secondary N) is 1. The first-order valence-electron chi connectivity index (χ1n) is 11.1. The molecule has 0 unspecified atom stereocenters. The number of rotatable bonds is 11. The van der Waals surface area contributed by atoms with E-state index in [-0.39, 0.29) is 24.7 Å². The Bertz CT molecular complexity index is 854. The second-order valence-electron chi connectivity index (χ2n) is 9.41. The summed E-state index contributed by atoms with van der Waals surface area (Å²) in [5.74, 6) is -0.240. The number of ether oxygens (including phenoxy) is 1. The van der Waals surface area contributed by atoms with Crippen LogP contribution < -0.4 is 5.32 Å². The lowest BCUT2D eigenvalue weighted by Gasteiger charge is -2.31. The Morgan fingerprint density at radius 2 is 1.74 bits per heavy atom. The molecule has 0 aromatic heterocycles. The molecule has 0 amide bonds. The van der Waals surface area contributed by atoms with E-state index in [1.54, 1.807) is 0 Å². The molecule has 0 fully saturated rings. The summed E-state index contributed by atoms with van der Waals surface area (Å²) in [7, 11) is 0. The highest BCUT2D eigenvalue weighted by Gasteiger charge is 2.28. The van der Waals surface area contributed by atoms with E-state index in [0.717, 1.165) is 30.4 Å². The highest BCUT2D eigenvalue weighted by molar-refractivity contribution is 5.70. The molecule has 2 atom stereocenters. The van der Waals surface area contributed by atoms with Crippen LogP contribution in [-0.2, 0) is 28.8 Å². The second-order valence-corrected chi connectivity index (χ2v) is 9.41. The van der Waals surface area contributed by atoms with E-state index < -0.39 is 12.1 Å². The summed E-state index contributed by atoms with van der Waals surface area (Å²) in [5.41, 5.74) is 4.45. The van der Waals surface area contributed by atoms with Crippen LogP contribution in [0.25, 0.3) is 0 Å². The van der Waals surface area contributed by atoms with Crippen LogP contribution in [0.15, 0.2) is 48.5 Å². The molecule has 168 valence electrons. The first kappa shape index (κ1) is 23.5. The Labute approximate surface area is 185 Å². The van der Waals surface area contributed by atoms with Crippen molar-refractivity contribution in [2.45, 2.75) is 64.2 Å². The topological polar surface area (TPSA) is 78.8 Å². The van der Waals surface area contributed by atoms with Crippen LogP contribution in [0.2, 0.25) is 0 Å². The highest BCUT2D eigenvalue weighted by atomic mass is 16.5. The molecule has 1 aliphatic carbocycles. The zero-order valence-corrected chi connectivity index (χ0v) is 18.8. The van der Waals surface area contributed by atoms with Gasteiger partial charge in [0.15, 0.2) is 0 Å². The normalized spacial score (nSPS) is 16.1. The van der Waals surface area contributed by atoms with Gasteiger partial charge in [0.25, 0.3) is 0 Å². The van der Waals surface area contributed by atoms with Crippen molar-refractivity contribution in [3.63, 3.8) is 0 Å². The smallest absolute Gasteiger partial charge is 0.307 e. The van der Waals surface area contributed by atoms with Crippen LogP contribution in [-0.4, -0.2) is 41.0 Å². The van der Waals surface area contributed by atoms with Gasteiger partial charge in [-0.3, -0.25) is 4.79 Å². The number of carboxylic acids is 1. The molecule has 2 aromatic rings. The second kappa shape index (κ2) is 10.4. The Hall–Kier alpha value is -2.21. The number of aliphatic carboxylic acids is 1. The molecule has 5 nitrogen and oxygen atoms in total. The number of β-amino-alcohol motifs (C(OH)–C–C–N with tert-alkyl or cyclic N) is 1. The Morgan fingerprint density at radius 1 is 1.13 bits per heavy atom. The lowest BCUT2D eigenvalue weighted by Crippen LogP contribution is -2.45. The molecule has 1 aliphatic rings. The summed E-state index contributed by atoms with van der Waals surface area (Å²) in [6, 6.07) is 16.1. The van der Waals surface area contributed by atoms with Crippen molar-refractivity contribution in [3.05, 3.63) is 70.8 Å². The van der Waals surface area contributed by atoms with Crippen molar-refractivity contribution >= 4 is 5.97 Å². The van der Waals surface area contributed by atoms with Gasteiger partial charge in [-0.1, -0.05) is 48.5 Å². The molecule has 0 saturated heterocycles. The minimum Gasteiger partial charge on any atom is -0.481 e. The summed E-state index contributed by atoms with van der Waals surface area (Å²) >= 11 is 0. The molecule has 0 heterocycles. The van der Waals surface area contributed by atoms with Crippen molar-refractivity contribution < 1.29 is 19.7 Å². The molecule has 3 rings (SSSR count).